The highest BCUT2D eigenvalue weighted by Gasteiger charge is 2.38. The van der Waals surface area contributed by atoms with Gasteiger partial charge in [-0.05, 0) is 66.8 Å². The Morgan fingerprint density at radius 3 is 2.71 bits per heavy atom. The molecule has 0 N–H and O–H groups in total. The van der Waals surface area contributed by atoms with Crippen molar-refractivity contribution in [1.29, 1.82) is 0 Å². The number of halogens is 1. The second kappa shape index (κ2) is 11.8. The molecule has 2 aliphatic rings. The maximum atomic E-state index is 13.0. The number of nitrogens with zero attached hydrogens (tertiary/aromatic N) is 2. The predicted molar refractivity (Wildman–Crippen MR) is 146 cm³/mol. The first kappa shape index (κ1) is 25.9. The number of anilines is 1. The molecule has 3 aromatic rings. The summed E-state index contributed by atoms with van der Waals surface area (Å²) in [5, 5.41) is 0.618. The number of rotatable bonds is 8. The van der Waals surface area contributed by atoms with Crippen molar-refractivity contribution in [2.75, 3.05) is 31.2 Å². The molecule has 2 atom stereocenters. The van der Waals surface area contributed by atoms with Gasteiger partial charge in [-0.25, -0.2) is 9.59 Å². The van der Waals surface area contributed by atoms with Crippen molar-refractivity contribution >= 4 is 29.4 Å². The van der Waals surface area contributed by atoms with Crippen LogP contribution in [0.2, 0.25) is 5.02 Å². The minimum Gasteiger partial charge on any atom is -0.482 e. The maximum absolute atomic E-state index is 13.0. The highest BCUT2D eigenvalue weighted by atomic mass is 35.5. The Hall–Kier alpha value is -3.71. The fourth-order valence-corrected chi connectivity index (χ4v) is 5.34. The van der Waals surface area contributed by atoms with E-state index in [9.17, 15) is 9.59 Å². The van der Waals surface area contributed by atoms with Gasteiger partial charge in [0.2, 0.25) is 0 Å². The van der Waals surface area contributed by atoms with Crippen molar-refractivity contribution in [1.82, 2.24) is 4.90 Å². The molecule has 0 aliphatic carbocycles. The van der Waals surface area contributed by atoms with Crippen molar-refractivity contribution in [3.05, 3.63) is 94.5 Å². The Morgan fingerprint density at radius 1 is 1.08 bits per heavy atom. The Morgan fingerprint density at radius 2 is 1.92 bits per heavy atom. The van der Waals surface area contributed by atoms with Crippen LogP contribution in [0.4, 0.5) is 10.5 Å². The summed E-state index contributed by atoms with van der Waals surface area (Å²) in [6.07, 6.45) is 0.767. The first-order valence-electron chi connectivity index (χ1n) is 12.9. The van der Waals surface area contributed by atoms with Crippen LogP contribution < -0.4 is 9.64 Å². The van der Waals surface area contributed by atoms with Gasteiger partial charge in [0.25, 0.3) is 0 Å². The number of cyclic esters (lactones) is 1. The van der Waals surface area contributed by atoms with E-state index < -0.39 is 5.97 Å². The number of fused-ring (bicyclic) bond motifs is 1. The number of hydrogen-bond donors (Lipinski definition) is 0. The third-order valence-electron chi connectivity index (χ3n) is 6.96. The van der Waals surface area contributed by atoms with Gasteiger partial charge in [-0.15, -0.1) is 0 Å². The summed E-state index contributed by atoms with van der Waals surface area (Å²) in [5.74, 6) is 0.191. The second-order valence-corrected chi connectivity index (χ2v) is 9.95. The molecule has 0 spiro atoms. The van der Waals surface area contributed by atoms with E-state index in [1.165, 1.54) is 5.56 Å². The lowest BCUT2D eigenvalue weighted by Crippen LogP contribution is -2.38. The van der Waals surface area contributed by atoms with Crippen molar-refractivity contribution < 1.29 is 23.8 Å². The van der Waals surface area contributed by atoms with E-state index in [0.29, 0.717) is 30.3 Å². The smallest absolute Gasteiger partial charge is 0.410 e. The molecule has 0 bridgehead atoms. The Bertz CT molecular complexity index is 1280. The number of hydrogen-bond acceptors (Lipinski definition) is 6. The molecule has 1 saturated heterocycles. The molecule has 198 valence electrons. The quantitative estimate of drug-likeness (QED) is 0.340. The van der Waals surface area contributed by atoms with Crippen LogP contribution in [-0.4, -0.2) is 49.3 Å². The fourth-order valence-electron chi connectivity index (χ4n) is 5.14. The Kier molecular flexibility index (Phi) is 8.03. The average molecular weight is 535 g/mol. The molecule has 1 amide bonds. The molecule has 38 heavy (non-hydrogen) atoms. The van der Waals surface area contributed by atoms with E-state index in [0.717, 1.165) is 36.3 Å². The highest BCUT2D eigenvalue weighted by Crippen LogP contribution is 2.36. The van der Waals surface area contributed by atoms with E-state index >= 15 is 0 Å². The second-order valence-electron chi connectivity index (χ2n) is 9.52. The van der Waals surface area contributed by atoms with Crippen molar-refractivity contribution in [3.8, 4) is 5.75 Å². The number of carbonyl (C=O) groups is 2. The third-order valence-corrected chi connectivity index (χ3v) is 7.19. The zero-order chi connectivity index (χ0) is 26.5. The number of esters is 1. The molecule has 1 unspecified atom stereocenters. The molecule has 8 heteroatoms. The van der Waals surface area contributed by atoms with Crippen molar-refractivity contribution in [2.45, 2.75) is 38.5 Å². The van der Waals surface area contributed by atoms with Gasteiger partial charge >= 0.3 is 12.1 Å². The zero-order valence-electron chi connectivity index (χ0n) is 21.3. The predicted octanol–water partition coefficient (Wildman–Crippen LogP) is 5.80. The SMILES string of the molecule is CCOC(=O)COc1ccc2c(c1)CC(N1C[C@@H](c3cccc(Cl)c3)OC1=O)CCN2Cc1ccccc1. The summed E-state index contributed by atoms with van der Waals surface area (Å²) in [7, 11) is 0. The molecular formula is C30H31ClN2O5. The number of benzene rings is 3. The van der Waals surface area contributed by atoms with Gasteiger partial charge in [0.1, 0.15) is 11.9 Å². The molecule has 7 nitrogen and oxygen atoms in total. The highest BCUT2D eigenvalue weighted by molar-refractivity contribution is 6.30. The zero-order valence-corrected chi connectivity index (χ0v) is 22.1. The topological polar surface area (TPSA) is 68.3 Å². The summed E-state index contributed by atoms with van der Waals surface area (Å²) in [4.78, 5) is 29.0. The molecule has 1 fully saturated rings. The van der Waals surface area contributed by atoms with Gasteiger partial charge < -0.3 is 24.0 Å². The van der Waals surface area contributed by atoms with Crippen LogP contribution in [-0.2, 0) is 27.2 Å². The Balaban J connectivity index is 1.39. The van der Waals surface area contributed by atoms with Crippen LogP contribution >= 0.6 is 11.6 Å². The monoisotopic (exact) mass is 534 g/mol. The summed E-state index contributed by atoms with van der Waals surface area (Å²) in [6, 6.07) is 23.6. The minimum absolute atomic E-state index is 0.0495. The molecule has 2 heterocycles. The Labute approximate surface area is 227 Å². The number of ether oxygens (including phenoxy) is 3. The van der Waals surface area contributed by atoms with Gasteiger partial charge in [0.15, 0.2) is 6.61 Å². The molecule has 0 saturated carbocycles. The van der Waals surface area contributed by atoms with Gasteiger partial charge in [-0.3, -0.25) is 0 Å². The van der Waals surface area contributed by atoms with Gasteiger partial charge in [0.05, 0.1) is 13.2 Å². The van der Waals surface area contributed by atoms with E-state index in [1.807, 2.05) is 65.6 Å². The largest absolute Gasteiger partial charge is 0.482 e. The van der Waals surface area contributed by atoms with Crippen molar-refractivity contribution in [2.24, 2.45) is 0 Å². The summed E-state index contributed by atoms with van der Waals surface area (Å²) in [5.41, 5.74) is 4.26. The van der Waals surface area contributed by atoms with Crippen LogP contribution in [0, 0.1) is 0 Å². The first-order valence-corrected chi connectivity index (χ1v) is 13.3. The molecule has 0 aromatic heterocycles. The van der Waals surface area contributed by atoms with Crippen LogP contribution in [0.3, 0.4) is 0 Å². The molecule has 5 rings (SSSR count). The van der Waals surface area contributed by atoms with Crippen LogP contribution in [0.1, 0.15) is 36.1 Å². The third kappa shape index (κ3) is 6.05. The molecule has 2 aliphatic heterocycles. The fraction of sp³-hybridized carbons (Fsp3) is 0.333. The van der Waals surface area contributed by atoms with E-state index in [1.54, 1.807) is 6.92 Å². The lowest BCUT2D eigenvalue weighted by molar-refractivity contribution is -0.145. The maximum Gasteiger partial charge on any atom is 0.410 e. The number of amides is 1. The van der Waals surface area contributed by atoms with Crippen LogP contribution in [0.15, 0.2) is 72.8 Å². The average Bonchev–Trinajstić information content (AvgIpc) is 3.22. The van der Waals surface area contributed by atoms with Gasteiger partial charge in [0, 0.05) is 29.8 Å². The normalized spacial score (nSPS) is 18.9. The first-order chi connectivity index (χ1) is 18.5. The van der Waals surface area contributed by atoms with Crippen LogP contribution in [0.25, 0.3) is 0 Å². The lowest BCUT2D eigenvalue weighted by atomic mass is 10.0. The van der Waals surface area contributed by atoms with Gasteiger partial charge in [-0.2, -0.15) is 0 Å². The molecule has 0 radical (unpaired) electrons. The van der Waals surface area contributed by atoms with E-state index in [2.05, 4.69) is 17.0 Å². The lowest BCUT2D eigenvalue weighted by Gasteiger charge is -2.26. The van der Waals surface area contributed by atoms with Crippen LogP contribution in [0.5, 0.6) is 5.75 Å². The van der Waals surface area contributed by atoms with E-state index in [4.69, 9.17) is 25.8 Å². The summed E-state index contributed by atoms with van der Waals surface area (Å²) < 4.78 is 16.5. The molecule has 3 aromatic carbocycles. The van der Waals surface area contributed by atoms with Gasteiger partial charge in [-0.1, -0.05) is 54.1 Å². The van der Waals surface area contributed by atoms with E-state index in [-0.39, 0.29) is 24.8 Å². The molecular weight excluding hydrogens is 504 g/mol. The standard InChI is InChI=1S/C30H31ClN2O5/c1-2-36-29(34)20-37-26-11-12-27-23(17-26)16-25(13-14-32(27)18-21-7-4-3-5-8-21)33-19-28(38-30(33)35)22-9-6-10-24(31)15-22/h3-12,15,17,25,28H,2,13-14,16,18-20H2,1H3/t25?,28-/m0/s1. The summed E-state index contributed by atoms with van der Waals surface area (Å²) >= 11 is 6.18. The van der Waals surface area contributed by atoms with Crippen molar-refractivity contribution in [3.63, 3.8) is 0 Å². The number of carbonyl (C=O) groups excluding carboxylic acids is 2. The minimum atomic E-state index is -0.405. The summed E-state index contributed by atoms with van der Waals surface area (Å²) in [6.45, 7) is 3.92.